The second kappa shape index (κ2) is 8.08. The molecule has 1 unspecified atom stereocenters. The van der Waals surface area contributed by atoms with E-state index < -0.39 is 0 Å². The quantitative estimate of drug-likeness (QED) is 0.824. The molecule has 1 aliphatic rings. The number of hydrogen-bond donors (Lipinski definition) is 1. The summed E-state index contributed by atoms with van der Waals surface area (Å²) >= 11 is 0. The smallest absolute Gasteiger partial charge is 0.247 e. The van der Waals surface area contributed by atoms with Gasteiger partial charge in [-0.15, -0.1) is 0 Å². The standard InChI is InChI=1S/C22H24N2O3/c1-4-20(25)23-17-9-6-8-16(13-17)14-21(26)24(3)19-11-12-27-22-15(2)7-5-10-18(19)22/h4-10,13,19H,1,11-12,14H2,2-3H3,(H,23,25). The molecule has 27 heavy (non-hydrogen) atoms. The minimum Gasteiger partial charge on any atom is -0.493 e. The van der Waals surface area contributed by atoms with Crippen LogP contribution in [0.1, 0.15) is 29.2 Å². The van der Waals surface area contributed by atoms with E-state index in [2.05, 4.69) is 11.9 Å². The van der Waals surface area contributed by atoms with Crippen LogP contribution in [-0.4, -0.2) is 30.4 Å². The summed E-state index contributed by atoms with van der Waals surface area (Å²) in [6, 6.07) is 13.4. The third-order valence-corrected chi connectivity index (χ3v) is 4.84. The summed E-state index contributed by atoms with van der Waals surface area (Å²) in [6.07, 6.45) is 2.26. The van der Waals surface area contributed by atoms with Gasteiger partial charge in [-0.25, -0.2) is 0 Å². The molecule has 0 aliphatic carbocycles. The summed E-state index contributed by atoms with van der Waals surface area (Å²) in [5.74, 6) is 0.647. The maximum Gasteiger partial charge on any atom is 0.247 e. The molecule has 2 amide bonds. The van der Waals surface area contributed by atoms with Crippen molar-refractivity contribution in [3.8, 4) is 5.75 Å². The van der Waals surface area contributed by atoms with Crippen molar-refractivity contribution in [2.24, 2.45) is 0 Å². The number of hydrogen-bond acceptors (Lipinski definition) is 3. The van der Waals surface area contributed by atoms with E-state index >= 15 is 0 Å². The van der Waals surface area contributed by atoms with Gasteiger partial charge < -0.3 is 15.0 Å². The highest BCUT2D eigenvalue weighted by molar-refractivity contribution is 5.98. The van der Waals surface area contributed by atoms with Crippen molar-refractivity contribution in [3.05, 3.63) is 71.8 Å². The van der Waals surface area contributed by atoms with Gasteiger partial charge in [-0.05, 0) is 36.3 Å². The fourth-order valence-electron chi connectivity index (χ4n) is 3.39. The van der Waals surface area contributed by atoms with Gasteiger partial charge >= 0.3 is 0 Å². The molecule has 3 rings (SSSR count). The summed E-state index contributed by atoms with van der Waals surface area (Å²) in [7, 11) is 1.84. The van der Waals surface area contributed by atoms with Gasteiger partial charge in [0, 0.05) is 24.7 Å². The van der Waals surface area contributed by atoms with Crippen LogP contribution in [0.3, 0.4) is 0 Å². The molecule has 1 atom stereocenters. The zero-order valence-corrected chi connectivity index (χ0v) is 15.7. The molecule has 2 aromatic rings. The zero-order valence-electron chi connectivity index (χ0n) is 15.7. The lowest BCUT2D eigenvalue weighted by Gasteiger charge is -2.34. The van der Waals surface area contributed by atoms with E-state index in [1.54, 1.807) is 11.0 Å². The number of rotatable bonds is 5. The maximum atomic E-state index is 12.9. The maximum absolute atomic E-state index is 12.9. The number of para-hydroxylation sites is 1. The van der Waals surface area contributed by atoms with Crippen LogP contribution in [-0.2, 0) is 16.0 Å². The minimum absolute atomic E-state index is 0.00445. The largest absolute Gasteiger partial charge is 0.493 e. The average molecular weight is 364 g/mol. The molecule has 0 radical (unpaired) electrons. The first-order chi connectivity index (χ1) is 13.0. The van der Waals surface area contributed by atoms with E-state index in [1.807, 2.05) is 50.4 Å². The molecule has 0 saturated carbocycles. The second-order valence-corrected chi connectivity index (χ2v) is 6.72. The van der Waals surface area contributed by atoms with Crippen molar-refractivity contribution in [1.29, 1.82) is 0 Å². The van der Waals surface area contributed by atoms with E-state index in [0.29, 0.717) is 12.3 Å². The predicted molar refractivity (Wildman–Crippen MR) is 106 cm³/mol. The van der Waals surface area contributed by atoms with Crippen molar-refractivity contribution in [2.45, 2.75) is 25.8 Å². The normalized spacial score (nSPS) is 15.3. The third-order valence-electron chi connectivity index (χ3n) is 4.84. The SMILES string of the molecule is C=CC(=O)Nc1cccc(CC(=O)N(C)C2CCOc3c(C)cccc32)c1. The Morgan fingerprint density at radius 3 is 2.85 bits per heavy atom. The van der Waals surface area contributed by atoms with Crippen molar-refractivity contribution < 1.29 is 14.3 Å². The lowest BCUT2D eigenvalue weighted by molar-refractivity contribution is -0.131. The summed E-state index contributed by atoms with van der Waals surface area (Å²) in [5.41, 5.74) is 3.65. The molecule has 0 bridgehead atoms. The Morgan fingerprint density at radius 1 is 1.30 bits per heavy atom. The zero-order chi connectivity index (χ0) is 19.4. The Labute approximate surface area is 159 Å². The van der Waals surface area contributed by atoms with Gasteiger partial charge in [0.2, 0.25) is 11.8 Å². The van der Waals surface area contributed by atoms with Crippen LogP contribution in [0, 0.1) is 6.92 Å². The Hall–Kier alpha value is -3.08. The number of carbonyl (C=O) groups is 2. The van der Waals surface area contributed by atoms with Gasteiger partial charge in [0.25, 0.3) is 0 Å². The Balaban J connectivity index is 1.74. The number of likely N-dealkylation sites (N-methyl/N-ethyl adjacent to an activating group) is 1. The van der Waals surface area contributed by atoms with E-state index in [9.17, 15) is 9.59 Å². The molecule has 1 aliphatic heterocycles. The predicted octanol–water partition coefficient (Wildman–Crippen LogP) is 3.64. The van der Waals surface area contributed by atoms with Gasteiger partial charge in [0.1, 0.15) is 5.75 Å². The Morgan fingerprint density at radius 2 is 2.07 bits per heavy atom. The first kappa shape index (κ1) is 18.7. The van der Waals surface area contributed by atoms with Gasteiger partial charge in [0.15, 0.2) is 0 Å². The first-order valence-corrected chi connectivity index (χ1v) is 9.00. The minimum atomic E-state index is -0.273. The monoisotopic (exact) mass is 364 g/mol. The number of aryl methyl sites for hydroxylation is 1. The van der Waals surface area contributed by atoms with Crippen LogP contribution in [0.2, 0.25) is 0 Å². The first-order valence-electron chi connectivity index (χ1n) is 9.00. The number of carbonyl (C=O) groups excluding carboxylic acids is 2. The van der Waals surface area contributed by atoms with Crippen LogP contribution in [0.25, 0.3) is 0 Å². The van der Waals surface area contributed by atoms with E-state index in [0.717, 1.165) is 28.9 Å². The number of ether oxygens (including phenoxy) is 1. The lowest BCUT2D eigenvalue weighted by atomic mass is 9.96. The molecule has 0 saturated heterocycles. The number of nitrogens with one attached hydrogen (secondary N) is 1. The summed E-state index contributed by atoms with van der Waals surface area (Å²) in [4.78, 5) is 26.1. The van der Waals surface area contributed by atoms with Crippen LogP contribution in [0.15, 0.2) is 55.1 Å². The molecular weight excluding hydrogens is 340 g/mol. The average Bonchev–Trinajstić information content (AvgIpc) is 2.67. The number of amides is 2. The highest BCUT2D eigenvalue weighted by Gasteiger charge is 2.28. The Kier molecular flexibility index (Phi) is 5.60. The highest BCUT2D eigenvalue weighted by Crippen LogP contribution is 2.37. The number of anilines is 1. The molecule has 0 aromatic heterocycles. The van der Waals surface area contributed by atoms with E-state index in [1.165, 1.54) is 6.08 Å². The topological polar surface area (TPSA) is 58.6 Å². The third kappa shape index (κ3) is 4.19. The van der Waals surface area contributed by atoms with Crippen LogP contribution in [0.4, 0.5) is 5.69 Å². The highest BCUT2D eigenvalue weighted by atomic mass is 16.5. The van der Waals surface area contributed by atoms with Crippen molar-refractivity contribution in [1.82, 2.24) is 4.90 Å². The number of benzene rings is 2. The summed E-state index contributed by atoms with van der Waals surface area (Å²) in [6.45, 7) is 6.06. The second-order valence-electron chi connectivity index (χ2n) is 6.72. The van der Waals surface area contributed by atoms with Gasteiger partial charge in [0.05, 0.1) is 19.1 Å². The fraction of sp³-hybridized carbons (Fsp3) is 0.273. The lowest BCUT2D eigenvalue weighted by Crippen LogP contribution is -2.35. The molecule has 5 heteroatoms. The summed E-state index contributed by atoms with van der Waals surface area (Å²) in [5, 5.41) is 2.72. The van der Waals surface area contributed by atoms with Gasteiger partial charge in [-0.2, -0.15) is 0 Å². The van der Waals surface area contributed by atoms with Crippen molar-refractivity contribution >= 4 is 17.5 Å². The van der Waals surface area contributed by atoms with E-state index in [4.69, 9.17) is 4.74 Å². The molecular formula is C22H24N2O3. The number of nitrogens with zero attached hydrogens (tertiary/aromatic N) is 1. The van der Waals surface area contributed by atoms with Crippen LogP contribution >= 0.6 is 0 Å². The van der Waals surface area contributed by atoms with Crippen LogP contribution < -0.4 is 10.1 Å². The molecule has 1 N–H and O–H groups in total. The molecule has 0 spiro atoms. The van der Waals surface area contributed by atoms with Crippen LogP contribution in [0.5, 0.6) is 5.75 Å². The Bertz CT molecular complexity index is 876. The molecule has 5 nitrogen and oxygen atoms in total. The summed E-state index contributed by atoms with van der Waals surface area (Å²) < 4.78 is 5.81. The van der Waals surface area contributed by atoms with Gasteiger partial charge in [-0.1, -0.05) is 36.9 Å². The molecule has 2 aromatic carbocycles. The molecule has 1 heterocycles. The van der Waals surface area contributed by atoms with Gasteiger partial charge in [-0.3, -0.25) is 9.59 Å². The number of fused-ring (bicyclic) bond motifs is 1. The fourth-order valence-corrected chi connectivity index (χ4v) is 3.39. The molecule has 140 valence electrons. The van der Waals surface area contributed by atoms with Crippen molar-refractivity contribution in [3.63, 3.8) is 0 Å². The molecule has 0 fully saturated rings. The van der Waals surface area contributed by atoms with Crippen molar-refractivity contribution in [2.75, 3.05) is 19.0 Å². The van der Waals surface area contributed by atoms with E-state index in [-0.39, 0.29) is 24.3 Å².